The maximum absolute atomic E-state index is 3.36. The van der Waals surface area contributed by atoms with Crippen LogP contribution in [0.1, 0.15) is 26.7 Å². The van der Waals surface area contributed by atoms with Crippen molar-refractivity contribution in [3.8, 4) is 0 Å². The molecule has 0 aliphatic carbocycles. The topological polar surface area (TPSA) is 12.0 Å². The molecule has 1 heteroatoms. The molecular weight excluding hydrogens is 98.1 g/mol. The summed E-state index contributed by atoms with van der Waals surface area (Å²) in [7, 11) is 0. The van der Waals surface area contributed by atoms with E-state index >= 15 is 0 Å². The van der Waals surface area contributed by atoms with Crippen LogP contribution in [0, 0.1) is 0 Å². The first kappa shape index (κ1) is 5.67. The van der Waals surface area contributed by atoms with Gasteiger partial charge in [0, 0.05) is 11.7 Å². The zero-order valence-electron chi connectivity index (χ0n) is 5.57. The number of hydrogen-bond donors (Lipinski definition) is 1. The van der Waals surface area contributed by atoms with Crippen molar-refractivity contribution in [2.24, 2.45) is 0 Å². The van der Waals surface area contributed by atoms with Crippen molar-refractivity contribution in [3.63, 3.8) is 0 Å². The van der Waals surface area contributed by atoms with E-state index in [1.165, 1.54) is 12.1 Å². The number of rotatable bonds is 1. The van der Waals surface area contributed by atoms with Crippen molar-refractivity contribution in [1.82, 2.24) is 5.32 Å². The first-order valence-corrected chi connectivity index (χ1v) is 3.28. The monoisotopic (exact) mass is 111 g/mol. The molecule has 0 saturated heterocycles. The fourth-order valence-corrected chi connectivity index (χ4v) is 1.000. The third-order valence-electron chi connectivity index (χ3n) is 1.53. The Morgan fingerprint density at radius 1 is 1.88 bits per heavy atom. The van der Waals surface area contributed by atoms with Gasteiger partial charge in [0.15, 0.2) is 0 Å². The second kappa shape index (κ2) is 2.21. The first-order valence-electron chi connectivity index (χ1n) is 3.28. The van der Waals surface area contributed by atoms with E-state index in [-0.39, 0.29) is 0 Å². The Morgan fingerprint density at radius 3 is 2.88 bits per heavy atom. The third-order valence-corrected chi connectivity index (χ3v) is 1.53. The standard InChI is InChI=1S/C7H13N/c1-3-7-5-4-6(2)8-7/h5-6,8H,3-4H2,1-2H3. The maximum atomic E-state index is 3.36. The lowest BCUT2D eigenvalue weighted by Gasteiger charge is -2.04. The van der Waals surface area contributed by atoms with Crippen LogP contribution in [0.5, 0.6) is 0 Å². The molecule has 0 saturated carbocycles. The summed E-state index contributed by atoms with van der Waals surface area (Å²) >= 11 is 0. The van der Waals surface area contributed by atoms with Gasteiger partial charge in [-0.25, -0.2) is 0 Å². The van der Waals surface area contributed by atoms with Crippen LogP contribution in [0.25, 0.3) is 0 Å². The molecule has 1 N–H and O–H groups in total. The van der Waals surface area contributed by atoms with Gasteiger partial charge >= 0.3 is 0 Å². The maximum Gasteiger partial charge on any atom is 0.0265 e. The largest absolute Gasteiger partial charge is 0.386 e. The average molecular weight is 111 g/mol. The molecule has 0 fully saturated rings. The van der Waals surface area contributed by atoms with E-state index in [1.807, 2.05) is 0 Å². The van der Waals surface area contributed by atoms with Crippen LogP contribution >= 0.6 is 0 Å². The lowest BCUT2D eigenvalue weighted by molar-refractivity contribution is 0.659. The van der Waals surface area contributed by atoms with Gasteiger partial charge in [-0.05, 0) is 19.8 Å². The van der Waals surface area contributed by atoms with Gasteiger partial charge in [-0.2, -0.15) is 0 Å². The predicted octanol–water partition coefficient (Wildman–Crippen LogP) is 1.66. The van der Waals surface area contributed by atoms with Crippen molar-refractivity contribution >= 4 is 0 Å². The zero-order valence-corrected chi connectivity index (χ0v) is 5.57. The van der Waals surface area contributed by atoms with Crippen LogP contribution in [-0.4, -0.2) is 6.04 Å². The van der Waals surface area contributed by atoms with E-state index in [4.69, 9.17) is 0 Å². The molecule has 0 aromatic rings. The average Bonchev–Trinajstić information content (AvgIpc) is 2.14. The third kappa shape index (κ3) is 1.03. The summed E-state index contributed by atoms with van der Waals surface area (Å²) in [6, 6.07) is 0.685. The minimum Gasteiger partial charge on any atom is -0.386 e. The molecule has 1 rings (SSSR count). The second-order valence-corrected chi connectivity index (χ2v) is 2.36. The molecule has 1 unspecified atom stereocenters. The molecule has 1 heterocycles. The SMILES string of the molecule is CCC1=CCC(C)N1. The van der Waals surface area contributed by atoms with Crippen LogP contribution in [0.4, 0.5) is 0 Å². The highest BCUT2D eigenvalue weighted by Gasteiger charge is 2.07. The Morgan fingerprint density at radius 2 is 2.62 bits per heavy atom. The highest BCUT2D eigenvalue weighted by atomic mass is 14.9. The molecule has 46 valence electrons. The molecule has 0 aromatic heterocycles. The Labute approximate surface area is 50.8 Å². The second-order valence-electron chi connectivity index (χ2n) is 2.36. The van der Waals surface area contributed by atoms with Crippen molar-refractivity contribution in [3.05, 3.63) is 11.8 Å². The molecule has 0 bridgehead atoms. The van der Waals surface area contributed by atoms with Crippen molar-refractivity contribution < 1.29 is 0 Å². The number of allylic oxidation sites excluding steroid dienone is 1. The van der Waals surface area contributed by atoms with Gasteiger partial charge in [0.1, 0.15) is 0 Å². The summed E-state index contributed by atoms with van der Waals surface area (Å²) in [6.45, 7) is 4.38. The van der Waals surface area contributed by atoms with Crippen molar-refractivity contribution in [1.29, 1.82) is 0 Å². The minimum absolute atomic E-state index is 0.685. The molecule has 1 atom stereocenters. The van der Waals surface area contributed by atoms with Crippen LogP contribution in [0.3, 0.4) is 0 Å². The lowest BCUT2D eigenvalue weighted by atomic mass is 10.3. The fraction of sp³-hybridized carbons (Fsp3) is 0.714. The summed E-state index contributed by atoms with van der Waals surface area (Å²) in [6.07, 6.45) is 4.65. The van der Waals surface area contributed by atoms with Crippen LogP contribution in [-0.2, 0) is 0 Å². The van der Waals surface area contributed by atoms with Crippen LogP contribution in [0.15, 0.2) is 11.8 Å². The van der Waals surface area contributed by atoms with Gasteiger partial charge in [-0.1, -0.05) is 13.0 Å². The van der Waals surface area contributed by atoms with E-state index in [1.54, 1.807) is 0 Å². The Kier molecular flexibility index (Phi) is 1.56. The summed E-state index contributed by atoms with van der Waals surface area (Å²) in [5, 5.41) is 3.36. The normalized spacial score (nSPS) is 27.2. The molecule has 1 nitrogen and oxygen atoms in total. The molecule has 0 radical (unpaired) electrons. The van der Waals surface area contributed by atoms with Crippen LogP contribution < -0.4 is 5.32 Å². The van der Waals surface area contributed by atoms with E-state index in [0.29, 0.717) is 6.04 Å². The number of nitrogens with one attached hydrogen (secondary N) is 1. The molecule has 1 aliphatic rings. The van der Waals surface area contributed by atoms with E-state index in [0.717, 1.165) is 6.42 Å². The van der Waals surface area contributed by atoms with Gasteiger partial charge in [-0.3, -0.25) is 0 Å². The quantitative estimate of drug-likeness (QED) is 0.542. The van der Waals surface area contributed by atoms with E-state index < -0.39 is 0 Å². The van der Waals surface area contributed by atoms with Crippen LogP contribution in [0.2, 0.25) is 0 Å². The van der Waals surface area contributed by atoms with Gasteiger partial charge in [0.05, 0.1) is 0 Å². The Hall–Kier alpha value is -0.460. The van der Waals surface area contributed by atoms with Gasteiger partial charge in [0.2, 0.25) is 0 Å². The molecule has 0 aromatic carbocycles. The minimum atomic E-state index is 0.685. The Bertz CT molecular complexity index is 105. The number of hydrogen-bond acceptors (Lipinski definition) is 1. The Balaban J connectivity index is 2.37. The zero-order chi connectivity index (χ0) is 5.98. The molecule has 1 aliphatic heterocycles. The van der Waals surface area contributed by atoms with Gasteiger partial charge in [0.25, 0.3) is 0 Å². The highest BCUT2D eigenvalue weighted by molar-refractivity contribution is 5.07. The highest BCUT2D eigenvalue weighted by Crippen LogP contribution is 2.09. The van der Waals surface area contributed by atoms with Gasteiger partial charge < -0.3 is 5.32 Å². The van der Waals surface area contributed by atoms with Crippen molar-refractivity contribution in [2.75, 3.05) is 0 Å². The van der Waals surface area contributed by atoms with E-state index in [9.17, 15) is 0 Å². The van der Waals surface area contributed by atoms with E-state index in [2.05, 4.69) is 25.2 Å². The fourth-order valence-electron chi connectivity index (χ4n) is 1.000. The summed E-state index contributed by atoms with van der Waals surface area (Å²) in [5.74, 6) is 0. The summed E-state index contributed by atoms with van der Waals surface area (Å²) < 4.78 is 0. The lowest BCUT2D eigenvalue weighted by Crippen LogP contribution is -2.17. The predicted molar refractivity (Wildman–Crippen MR) is 35.6 cm³/mol. The molecule has 0 spiro atoms. The summed E-state index contributed by atoms with van der Waals surface area (Å²) in [4.78, 5) is 0. The molecule has 8 heavy (non-hydrogen) atoms. The summed E-state index contributed by atoms with van der Waals surface area (Å²) in [5.41, 5.74) is 1.41. The molecular formula is C7H13N. The van der Waals surface area contributed by atoms with Crippen molar-refractivity contribution in [2.45, 2.75) is 32.7 Å². The van der Waals surface area contributed by atoms with Gasteiger partial charge in [-0.15, -0.1) is 0 Å². The first-order chi connectivity index (χ1) is 3.83. The smallest absolute Gasteiger partial charge is 0.0265 e. The molecule has 0 amide bonds.